The SMILES string of the molecule is Cc1cc2cc(c1C)CN(C)c1ccccc1-c1cc(C)c(C)c(c1)CN(C)c1ccccc1-2. The molecule has 4 aromatic carbocycles. The van der Waals surface area contributed by atoms with E-state index in [4.69, 9.17) is 0 Å². The van der Waals surface area contributed by atoms with Crippen LogP contribution in [0.15, 0.2) is 72.8 Å². The van der Waals surface area contributed by atoms with E-state index in [0.29, 0.717) is 0 Å². The fourth-order valence-corrected chi connectivity index (χ4v) is 5.29. The smallest absolute Gasteiger partial charge is 0.0446 e. The third-order valence-electron chi connectivity index (χ3n) is 7.62. The second-order valence-corrected chi connectivity index (χ2v) is 9.90. The van der Waals surface area contributed by atoms with Crippen LogP contribution in [-0.4, -0.2) is 14.1 Å². The van der Waals surface area contributed by atoms with Crippen molar-refractivity contribution in [3.05, 3.63) is 106 Å². The van der Waals surface area contributed by atoms with Gasteiger partial charge in [-0.1, -0.05) is 48.5 Å². The molecule has 0 aliphatic carbocycles. The van der Waals surface area contributed by atoms with E-state index >= 15 is 0 Å². The van der Waals surface area contributed by atoms with E-state index < -0.39 is 0 Å². The third kappa shape index (κ3) is 3.88. The van der Waals surface area contributed by atoms with E-state index in [0.717, 1.165) is 13.1 Å². The van der Waals surface area contributed by atoms with Crippen LogP contribution in [0.4, 0.5) is 11.4 Å². The Morgan fingerprint density at radius 2 is 0.912 bits per heavy atom. The van der Waals surface area contributed by atoms with Crippen molar-refractivity contribution in [2.24, 2.45) is 0 Å². The average Bonchev–Trinajstić information content (AvgIpc) is 2.84. The van der Waals surface area contributed by atoms with Crippen LogP contribution in [-0.2, 0) is 13.1 Å². The molecule has 4 bridgehead atoms. The molecule has 0 spiro atoms. The number of fused-ring (bicyclic) bond motifs is 8. The number of anilines is 2. The van der Waals surface area contributed by atoms with Crippen molar-refractivity contribution in [3.63, 3.8) is 0 Å². The van der Waals surface area contributed by atoms with Crippen LogP contribution >= 0.6 is 0 Å². The molecule has 5 rings (SSSR count). The highest BCUT2D eigenvalue weighted by Crippen LogP contribution is 2.37. The summed E-state index contributed by atoms with van der Waals surface area (Å²) in [7, 11) is 4.44. The molecular formula is C32H34N2. The summed E-state index contributed by atoms with van der Waals surface area (Å²) in [6.07, 6.45) is 0. The van der Waals surface area contributed by atoms with Gasteiger partial charge in [-0.25, -0.2) is 0 Å². The zero-order valence-electron chi connectivity index (χ0n) is 21.2. The molecule has 0 saturated heterocycles. The van der Waals surface area contributed by atoms with Gasteiger partial charge in [0.15, 0.2) is 0 Å². The number of para-hydroxylation sites is 2. The lowest BCUT2D eigenvalue weighted by atomic mass is 9.92. The predicted octanol–water partition coefficient (Wildman–Crippen LogP) is 7.84. The van der Waals surface area contributed by atoms with Crippen molar-refractivity contribution in [1.29, 1.82) is 0 Å². The Labute approximate surface area is 204 Å². The van der Waals surface area contributed by atoms with Crippen molar-refractivity contribution < 1.29 is 0 Å². The Morgan fingerprint density at radius 3 is 1.32 bits per heavy atom. The summed E-state index contributed by atoms with van der Waals surface area (Å²) in [6, 6.07) is 27.1. The standard InChI is InChI=1S/C32H34N2/c1-21-15-25-17-27(23(21)3)19-33(5)32-14-10-8-12-30(32)26-16-22(2)24(4)28(18-26)20-34(6)31-13-9-7-11-29(25)31/h7-18H,19-20H2,1-6H3. The minimum atomic E-state index is 0.868. The van der Waals surface area contributed by atoms with Crippen molar-refractivity contribution in [2.45, 2.75) is 40.8 Å². The molecule has 0 saturated carbocycles. The first kappa shape index (κ1) is 22.3. The Kier molecular flexibility index (Phi) is 5.69. The Hall–Kier alpha value is -3.52. The minimum absolute atomic E-state index is 0.868. The molecule has 34 heavy (non-hydrogen) atoms. The zero-order valence-corrected chi connectivity index (χ0v) is 21.2. The molecule has 0 radical (unpaired) electrons. The minimum Gasteiger partial charge on any atom is -0.370 e. The van der Waals surface area contributed by atoms with E-state index in [1.807, 2.05) is 0 Å². The maximum absolute atomic E-state index is 2.40. The second kappa shape index (κ2) is 8.68. The molecule has 0 N–H and O–H groups in total. The molecule has 2 nitrogen and oxygen atoms in total. The predicted molar refractivity (Wildman–Crippen MR) is 147 cm³/mol. The van der Waals surface area contributed by atoms with E-state index in [2.05, 4.69) is 124 Å². The molecule has 2 heteroatoms. The van der Waals surface area contributed by atoms with Crippen molar-refractivity contribution in [3.8, 4) is 22.3 Å². The molecule has 4 aromatic rings. The largest absolute Gasteiger partial charge is 0.370 e. The summed E-state index contributed by atoms with van der Waals surface area (Å²) >= 11 is 0. The van der Waals surface area contributed by atoms with Crippen LogP contribution in [0.5, 0.6) is 0 Å². The van der Waals surface area contributed by atoms with Crippen molar-refractivity contribution in [1.82, 2.24) is 0 Å². The normalized spacial score (nSPS) is 13.2. The van der Waals surface area contributed by atoms with Gasteiger partial charge in [0, 0.05) is 49.7 Å². The van der Waals surface area contributed by atoms with E-state index in [1.165, 1.54) is 67.0 Å². The fraction of sp³-hybridized carbons (Fsp3) is 0.250. The first-order valence-electron chi connectivity index (χ1n) is 12.1. The first-order chi connectivity index (χ1) is 16.3. The lowest BCUT2D eigenvalue weighted by molar-refractivity contribution is 0.906. The quantitative estimate of drug-likeness (QED) is 0.271. The first-order valence-corrected chi connectivity index (χ1v) is 12.1. The van der Waals surface area contributed by atoms with Gasteiger partial charge in [0.1, 0.15) is 0 Å². The zero-order chi connectivity index (χ0) is 24.0. The van der Waals surface area contributed by atoms with Crippen LogP contribution in [0.1, 0.15) is 33.4 Å². The topological polar surface area (TPSA) is 6.48 Å². The highest BCUT2D eigenvalue weighted by molar-refractivity contribution is 5.82. The molecule has 0 fully saturated rings. The number of benzene rings is 4. The summed E-state index contributed by atoms with van der Waals surface area (Å²) in [4.78, 5) is 4.80. The van der Waals surface area contributed by atoms with Crippen LogP contribution in [0.3, 0.4) is 0 Å². The third-order valence-corrected chi connectivity index (χ3v) is 7.62. The molecule has 0 amide bonds. The number of rotatable bonds is 0. The molecule has 0 unspecified atom stereocenters. The van der Waals surface area contributed by atoms with Gasteiger partial charge in [0.2, 0.25) is 0 Å². The summed E-state index contributed by atoms with van der Waals surface area (Å²) < 4.78 is 0. The monoisotopic (exact) mass is 446 g/mol. The average molecular weight is 447 g/mol. The van der Waals surface area contributed by atoms with E-state index in [9.17, 15) is 0 Å². The second-order valence-electron chi connectivity index (χ2n) is 9.90. The Balaban J connectivity index is 1.79. The lowest BCUT2D eigenvalue weighted by Gasteiger charge is -2.28. The van der Waals surface area contributed by atoms with E-state index in [-0.39, 0.29) is 0 Å². The highest BCUT2D eigenvalue weighted by atomic mass is 15.1. The summed E-state index contributed by atoms with van der Waals surface area (Å²) in [5.41, 5.74) is 15.9. The van der Waals surface area contributed by atoms with Crippen LogP contribution in [0.2, 0.25) is 0 Å². The maximum atomic E-state index is 2.40. The lowest BCUT2D eigenvalue weighted by Crippen LogP contribution is -2.20. The molecule has 1 heterocycles. The van der Waals surface area contributed by atoms with Gasteiger partial charge >= 0.3 is 0 Å². The summed E-state index contributed by atoms with van der Waals surface area (Å²) in [5, 5.41) is 0. The molecular weight excluding hydrogens is 412 g/mol. The fourth-order valence-electron chi connectivity index (χ4n) is 5.29. The van der Waals surface area contributed by atoms with Gasteiger partial charge in [0.25, 0.3) is 0 Å². The van der Waals surface area contributed by atoms with Crippen LogP contribution in [0, 0.1) is 27.7 Å². The number of hydrogen-bond donors (Lipinski definition) is 0. The molecule has 1 aliphatic rings. The number of aryl methyl sites for hydroxylation is 2. The van der Waals surface area contributed by atoms with Crippen LogP contribution < -0.4 is 9.80 Å². The molecule has 0 aromatic heterocycles. The van der Waals surface area contributed by atoms with Crippen molar-refractivity contribution in [2.75, 3.05) is 23.9 Å². The van der Waals surface area contributed by atoms with Crippen LogP contribution in [0.25, 0.3) is 22.3 Å². The van der Waals surface area contributed by atoms with Gasteiger partial charge in [-0.05, 0) is 96.5 Å². The highest BCUT2D eigenvalue weighted by Gasteiger charge is 2.18. The summed E-state index contributed by atoms with van der Waals surface area (Å²) in [5.74, 6) is 0. The van der Waals surface area contributed by atoms with E-state index in [1.54, 1.807) is 0 Å². The maximum Gasteiger partial charge on any atom is 0.0446 e. The van der Waals surface area contributed by atoms with Gasteiger partial charge in [0.05, 0.1) is 0 Å². The Bertz CT molecular complexity index is 1280. The number of hydrogen-bond acceptors (Lipinski definition) is 2. The Morgan fingerprint density at radius 1 is 0.529 bits per heavy atom. The van der Waals surface area contributed by atoms with Gasteiger partial charge < -0.3 is 9.80 Å². The van der Waals surface area contributed by atoms with Gasteiger partial charge in [-0.15, -0.1) is 0 Å². The van der Waals surface area contributed by atoms with Crippen molar-refractivity contribution >= 4 is 11.4 Å². The molecule has 0 atom stereocenters. The van der Waals surface area contributed by atoms with Gasteiger partial charge in [-0.2, -0.15) is 0 Å². The number of nitrogens with zero attached hydrogens (tertiary/aromatic N) is 2. The summed E-state index contributed by atoms with van der Waals surface area (Å²) in [6.45, 7) is 10.7. The van der Waals surface area contributed by atoms with Gasteiger partial charge in [-0.3, -0.25) is 0 Å². The molecule has 172 valence electrons. The molecule has 1 aliphatic heterocycles.